The highest BCUT2D eigenvalue weighted by Crippen LogP contribution is 2.36. The zero-order valence-corrected chi connectivity index (χ0v) is 16.6. The van der Waals surface area contributed by atoms with Gasteiger partial charge in [-0.2, -0.15) is 0 Å². The van der Waals surface area contributed by atoms with Gasteiger partial charge >= 0.3 is 0 Å². The average Bonchev–Trinajstić information content (AvgIpc) is 2.46. The molecule has 1 aromatic rings. The van der Waals surface area contributed by atoms with Crippen LogP contribution in [0.2, 0.25) is 5.02 Å². The maximum absolute atomic E-state index is 12.5. The monoisotopic (exact) mass is 378 g/mol. The number of nitrogens with zero attached hydrogens (tertiary/aromatic N) is 1. The van der Waals surface area contributed by atoms with Crippen molar-refractivity contribution < 1.29 is 9.00 Å². The maximum Gasteiger partial charge on any atom is 0.287 e. The number of nitrogens with one attached hydrogen (secondary N) is 1. The van der Waals surface area contributed by atoms with Gasteiger partial charge in [-0.25, -0.2) is 14.0 Å². The number of allylic oxidation sites excluding steroid dienone is 1. The molecule has 0 bridgehead atoms. The highest BCUT2D eigenvalue weighted by Gasteiger charge is 2.33. The summed E-state index contributed by atoms with van der Waals surface area (Å²) >= 11 is 6.50. The Hall–Kier alpha value is -1.46. The van der Waals surface area contributed by atoms with E-state index in [9.17, 15) is 9.00 Å². The van der Waals surface area contributed by atoms with Gasteiger partial charge in [0.05, 0.1) is 15.4 Å². The van der Waals surface area contributed by atoms with E-state index in [2.05, 4.69) is 31.8 Å². The second-order valence-electron chi connectivity index (χ2n) is 7.85. The summed E-state index contributed by atoms with van der Waals surface area (Å²) in [7, 11) is -2.99. The second-order valence-corrected chi connectivity index (χ2v) is 10.4. The van der Waals surface area contributed by atoms with Crippen LogP contribution in [0.1, 0.15) is 56.7 Å². The van der Waals surface area contributed by atoms with Crippen molar-refractivity contribution in [2.45, 2.75) is 52.4 Å². The Morgan fingerprint density at radius 3 is 2.60 bits per heavy atom. The number of aliphatic imine (C=N–C) groups is 1. The van der Waals surface area contributed by atoms with E-state index < -0.39 is 15.6 Å². The Morgan fingerprint density at radius 2 is 1.96 bits per heavy atom. The smallest absolute Gasteiger partial charge is 0.266 e. The average molecular weight is 379 g/mol. The first kappa shape index (κ1) is 18.3. The number of halogens is 1. The molecule has 1 atom stereocenters. The van der Waals surface area contributed by atoms with E-state index in [0.717, 1.165) is 22.3 Å². The van der Waals surface area contributed by atoms with E-state index in [1.54, 1.807) is 0 Å². The topological polar surface area (TPSA) is 70.3 Å². The predicted octanol–water partition coefficient (Wildman–Crippen LogP) is 4.76. The molecule has 0 aliphatic carbocycles. The standard InChI is InChI=1S/C19H23ClN2O2S/c1-11-8-14(19(2,3)4)15(20)10-13(11)16-9-12-6-5-7-25(21,24)17(12)18(23)22-16/h8,10,21H,5-7,9H2,1-4H3. The van der Waals surface area contributed by atoms with E-state index in [4.69, 9.17) is 16.4 Å². The van der Waals surface area contributed by atoms with Crippen LogP contribution in [0.5, 0.6) is 0 Å². The van der Waals surface area contributed by atoms with Gasteiger partial charge < -0.3 is 0 Å². The van der Waals surface area contributed by atoms with Crippen molar-refractivity contribution in [3.63, 3.8) is 0 Å². The molecule has 0 radical (unpaired) electrons. The molecule has 1 unspecified atom stereocenters. The zero-order valence-electron chi connectivity index (χ0n) is 15.0. The van der Waals surface area contributed by atoms with Gasteiger partial charge in [-0.3, -0.25) is 4.79 Å². The molecule has 2 aliphatic rings. The van der Waals surface area contributed by atoms with Crippen LogP contribution in [0.4, 0.5) is 0 Å². The first-order valence-electron chi connectivity index (χ1n) is 8.42. The Morgan fingerprint density at radius 1 is 1.28 bits per heavy atom. The fraction of sp³-hybridized carbons (Fsp3) is 0.474. The lowest BCUT2D eigenvalue weighted by Gasteiger charge is -2.26. The molecule has 3 rings (SSSR count). The fourth-order valence-corrected chi connectivity index (χ4v) is 5.71. The van der Waals surface area contributed by atoms with Gasteiger partial charge in [0.2, 0.25) is 0 Å². The molecule has 25 heavy (non-hydrogen) atoms. The Bertz CT molecular complexity index is 935. The summed E-state index contributed by atoms with van der Waals surface area (Å²) in [4.78, 5) is 16.8. The summed E-state index contributed by atoms with van der Waals surface area (Å²) < 4.78 is 20.4. The van der Waals surface area contributed by atoms with Crippen molar-refractivity contribution in [2.75, 3.05) is 5.75 Å². The Balaban J connectivity index is 2.06. The van der Waals surface area contributed by atoms with E-state index in [1.807, 2.05) is 13.0 Å². The highest BCUT2D eigenvalue weighted by molar-refractivity contribution is 7.97. The minimum Gasteiger partial charge on any atom is -0.266 e. The quantitative estimate of drug-likeness (QED) is 0.765. The highest BCUT2D eigenvalue weighted by atomic mass is 35.5. The van der Waals surface area contributed by atoms with Crippen molar-refractivity contribution in [2.24, 2.45) is 4.99 Å². The third kappa shape index (κ3) is 3.32. The van der Waals surface area contributed by atoms with E-state index in [0.29, 0.717) is 30.0 Å². The summed E-state index contributed by atoms with van der Waals surface area (Å²) in [6.45, 7) is 8.32. The van der Waals surface area contributed by atoms with Crippen LogP contribution in [0.25, 0.3) is 0 Å². The number of amides is 1. The number of benzene rings is 1. The van der Waals surface area contributed by atoms with Gasteiger partial charge in [-0.1, -0.05) is 38.4 Å². The fourth-order valence-electron chi connectivity index (χ4n) is 3.54. The van der Waals surface area contributed by atoms with Gasteiger partial charge in [0.25, 0.3) is 5.91 Å². The number of rotatable bonds is 1. The Kier molecular flexibility index (Phi) is 4.44. The molecule has 1 aromatic carbocycles. The summed E-state index contributed by atoms with van der Waals surface area (Å²) in [5.74, 6) is -0.250. The minimum atomic E-state index is -2.99. The number of carbonyl (C=O) groups excluding carboxylic acids is 1. The summed E-state index contributed by atoms with van der Waals surface area (Å²) in [5.41, 5.74) is 4.36. The van der Waals surface area contributed by atoms with Crippen LogP contribution in [-0.4, -0.2) is 21.6 Å². The molecule has 6 heteroatoms. The molecule has 1 N–H and O–H groups in total. The summed E-state index contributed by atoms with van der Waals surface area (Å²) in [6.07, 6.45) is 1.87. The molecule has 2 aliphatic heterocycles. The number of aryl methyl sites for hydroxylation is 1. The number of carbonyl (C=O) groups is 1. The maximum atomic E-state index is 12.5. The van der Waals surface area contributed by atoms with Crippen LogP contribution in [0, 0.1) is 11.7 Å². The molecule has 0 saturated carbocycles. The van der Waals surface area contributed by atoms with Crippen molar-refractivity contribution in [1.82, 2.24) is 0 Å². The molecule has 0 fully saturated rings. The summed E-state index contributed by atoms with van der Waals surface area (Å²) in [6, 6.07) is 3.94. The molecule has 134 valence electrons. The number of dihydropyridines is 1. The molecule has 0 saturated heterocycles. The lowest BCUT2D eigenvalue weighted by atomic mass is 9.84. The molecule has 0 spiro atoms. The SMILES string of the molecule is Cc1cc(C(C)(C)C)c(Cl)cc1C1=NC(=O)C2=C(CCCS2(=N)=O)C1. The van der Waals surface area contributed by atoms with Crippen molar-refractivity contribution in [1.29, 1.82) is 4.78 Å². The van der Waals surface area contributed by atoms with Gasteiger partial charge in [0, 0.05) is 22.8 Å². The normalized spacial score (nSPS) is 24.2. The van der Waals surface area contributed by atoms with Crippen LogP contribution < -0.4 is 0 Å². The molecule has 4 nitrogen and oxygen atoms in total. The lowest BCUT2D eigenvalue weighted by molar-refractivity contribution is -0.113. The zero-order chi connectivity index (χ0) is 18.6. The molecule has 2 heterocycles. The number of hydrogen-bond donors (Lipinski definition) is 1. The Labute approximate surface area is 154 Å². The van der Waals surface area contributed by atoms with Crippen LogP contribution >= 0.6 is 11.6 Å². The minimum absolute atomic E-state index is 0.0691. The van der Waals surface area contributed by atoms with E-state index in [1.165, 1.54) is 0 Å². The van der Waals surface area contributed by atoms with E-state index >= 15 is 0 Å². The third-order valence-electron chi connectivity index (χ3n) is 4.81. The van der Waals surface area contributed by atoms with Gasteiger partial charge in [-0.05, 0) is 47.9 Å². The van der Waals surface area contributed by atoms with Crippen LogP contribution in [0.15, 0.2) is 27.6 Å². The van der Waals surface area contributed by atoms with Gasteiger partial charge in [-0.15, -0.1) is 0 Å². The first-order chi connectivity index (χ1) is 11.5. The second kappa shape index (κ2) is 6.06. The van der Waals surface area contributed by atoms with Gasteiger partial charge in [0.1, 0.15) is 4.91 Å². The summed E-state index contributed by atoms with van der Waals surface area (Å²) in [5, 5.41) is 0.663. The number of hydrogen-bond acceptors (Lipinski definition) is 3. The van der Waals surface area contributed by atoms with Crippen molar-refractivity contribution >= 4 is 32.9 Å². The molecule has 1 amide bonds. The lowest BCUT2D eigenvalue weighted by Crippen LogP contribution is -2.27. The molecule has 0 aromatic heterocycles. The largest absolute Gasteiger partial charge is 0.287 e. The van der Waals surface area contributed by atoms with E-state index in [-0.39, 0.29) is 16.1 Å². The van der Waals surface area contributed by atoms with Crippen LogP contribution in [-0.2, 0) is 19.9 Å². The third-order valence-corrected chi connectivity index (χ3v) is 7.10. The molecular formula is C19H23ClN2O2S. The predicted molar refractivity (Wildman–Crippen MR) is 103 cm³/mol. The van der Waals surface area contributed by atoms with Gasteiger partial charge in [0.15, 0.2) is 0 Å². The first-order valence-corrected chi connectivity index (χ1v) is 10.5. The van der Waals surface area contributed by atoms with Crippen LogP contribution in [0.3, 0.4) is 0 Å². The van der Waals surface area contributed by atoms with Crippen molar-refractivity contribution in [3.05, 3.63) is 44.3 Å². The van der Waals surface area contributed by atoms with Crippen molar-refractivity contribution in [3.8, 4) is 0 Å². The molecular weight excluding hydrogens is 356 g/mol.